The molecule has 1 aromatic rings. The van der Waals surface area contributed by atoms with E-state index in [0.717, 1.165) is 4.34 Å². The first-order valence-electron chi connectivity index (χ1n) is 7.80. The highest BCUT2D eigenvalue weighted by Crippen LogP contribution is 2.61. The monoisotopic (exact) mass is 354 g/mol. The molecule has 118 valence electrons. The first-order valence-corrected chi connectivity index (χ1v) is 11.3. The van der Waals surface area contributed by atoms with Gasteiger partial charge >= 0.3 is 0 Å². The maximum absolute atomic E-state index is 6.20. The zero-order valence-electron chi connectivity index (χ0n) is 13.1. The van der Waals surface area contributed by atoms with Crippen LogP contribution in [0.1, 0.15) is 59.3 Å². The lowest BCUT2D eigenvalue weighted by molar-refractivity contribution is -0.00000402. The second-order valence-electron chi connectivity index (χ2n) is 5.45. The SMILES string of the molecule is CCCC[P+](CCCC)(CCCC)c1ccc(Cl)s1.[Cl-]. The molecule has 1 heterocycles. The van der Waals surface area contributed by atoms with Crippen molar-refractivity contribution in [3.8, 4) is 0 Å². The minimum Gasteiger partial charge on any atom is -1.00 e. The quantitative estimate of drug-likeness (QED) is 0.564. The number of hydrogen-bond donors (Lipinski definition) is 0. The van der Waals surface area contributed by atoms with Crippen molar-refractivity contribution in [2.45, 2.75) is 59.3 Å². The molecule has 1 aromatic heterocycles. The molecule has 0 fully saturated rings. The highest BCUT2D eigenvalue weighted by Gasteiger charge is 2.39. The van der Waals surface area contributed by atoms with Crippen LogP contribution >= 0.6 is 30.2 Å². The summed E-state index contributed by atoms with van der Waals surface area (Å²) in [4.78, 5) is 0. The molecule has 0 nitrogen and oxygen atoms in total. The Labute approximate surface area is 141 Å². The second kappa shape index (κ2) is 11.3. The van der Waals surface area contributed by atoms with E-state index in [1.807, 2.05) is 11.3 Å². The molecule has 0 aliphatic carbocycles. The largest absolute Gasteiger partial charge is 1.00 e. The van der Waals surface area contributed by atoms with Crippen molar-refractivity contribution in [2.24, 2.45) is 0 Å². The number of thiophene rings is 1. The zero-order valence-corrected chi connectivity index (χ0v) is 16.4. The maximum Gasteiger partial charge on any atom is 0.147 e. The van der Waals surface area contributed by atoms with E-state index in [1.165, 1.54) is 57.0 Å². The molecule has 0 N–H and O–H groups in total. The van der Waals surface area contributed by atoms with Gasteiger partial charge in [-0.3, -0.25) is 0 Å². The van der Waals surface area contributed by atoms with Gasteiger partial charge in [-0.25, -0.2) is 0 Å². The Morgan fingerprint density at radius 1 is 0.900 bits per heavy atom. The summed E-state index contributed by atoms with van der Waals surface area (Å²) in [5, 5.41) is 0. The molecule has 0 unspecified atom stereocenters. The van der Waals surface area contributed by atoms with E-state index < -0.39 is 7.26 Å². The van der Waals surface area contributed by atoms with Gasteiger partial charge in [0.15, 0.2) is 0 Å². The van der Waals surface area contributed by atoms with E-state index in [2.05, 4.69) is 32.9 Å². The lowest BCUT2D eigenvalue weighted by atomic mass is 10.4. The molecule has 0 aromatic carbocycles. The number of unbranched alkanes of at least 4 members (excludes halogenated alkanes) is 3. The van der Waals surface area contributed by atoms with Gasteiger partial charge in [-0.1, -0.05) is 63.0 Å². The van der Waals surface area contributed by atoms with Gasteiger partial charge in [0.25, 0.3) is 0 Å². The standard InChI is InChI=1S/C16H29ClPS.ClH/c1-4-7-12-18(13-8-5-2,14-9-6-3)16-11-10-15(17)19-16;/h10-11H,4-9,12-14H2,1-3H3;1H/q+1;/p-1. The van der Waals surface area contributed by atoms with Crippen LogP contribution in [0.15, 0.2) is 12.1 Å². The molecule has 1 rings (SSSR count). The smallest absolute Gasteiger partial charge is 0.147 e. The van der Waals surface area contributed by atoms with Crippen LogP contribution < -0.4 is 17.0 Å². The summed E-state index contributed by atoms with van der Waals surface area (Å²) in [6, 6.07) is 4.45. The fraction of sp³-hybridized carbons (Fsp3) is 0.750. The van der Waals surface area contributed by atoms with Crippen LogP contribution in [-0.2, 0) is 0 Å². The van der Waals surface area contributed by atoms with Gasteiger partial charge in [0.1, 0.15) is 4.62 Å². The van der Waals surface area contributed by atoms with E-state index in [-0.39, 0.29) is 12.4 Å². The van der Waals surface area contributed by atoms with Gasteiger partial charge < -0.3 is 12.4 Å². The summed E-state index contributed by atoms with van der Waals surface area (Å²) in [7, 11) is -0.943. The van der Waals surface area contributed by atoms with Crippen molar-refractivity contribution in [1.29, 1.82) is 0 Å². The van der Waals surface area contributed by atoms with Crippen molar-refractivity contribution in [3.63, 3.8) is 0 Å². The minimum atomic E-state index is -0.943. The lowest BCUT2D eigenvalue weighted by Gasteiger charge is -2.26. The minimum absolute atomic E-state index is 0. The van der Waals surface area contributed by atoms with Crippen LogP contribution in [0.5, 0.6) is 0 Å². The van der Waals surface area contributed by atoms with Crippen molar-refractivity contribution in [3.05, 3.63) is 16.5 Å². The summed E-state index contributed by atoms with van der Waals surface area (Å²) >= 11 is 8.07. The molecule has 4 heteroatoms. The molecule has 20 heavy (non-hydrogen) atoms. The topological polar surface area (TPSA) is 0 Å². The lowest BCUT2D eigenvalue weighted by Crippen LogP contribution is -3.00. The summed E-state index contributed by atoms with van der Waals surface area (Å²) in [6.07, 6.45) is 12.4. The number of rotatable bonds is 10. The van der Waals surface area contributed by atoms with Gasteiger partial charge in [-0.2, -0.15) is 0 Å². The van der Waals surface area contributed by atoms with Gasteiger partial charge in [0.05, 0.1) is 30.1 Å². The molecule has 0 atom stereocenters. The zero-order chi connectivity index (χ0) is 14.1. The fourth-order valence-corrected chi connectivity index (χ4v) is 9.93. The summed E-state index contributed by atoms with van der Waals surface area (Å²) in [5.41, 5.74) is 0. The first kappa shape index (κ1) is 20.7. The number of halogens is 2. The average Bonchev–Trinajstić information content (AvgIpc) is 2.85. The van der Waals surface area contributed by atoms with E-state index in [9.17, 15) is 0 Å². The normalized spacial score (nSPS) is 11.4. The molecule has 0 spiro atoms. The highest BCUT2D eigenvalue weighted by atomic mass is 35.5. The van der Waals surface area contributed by atoms with Crippen LogP contribution in [0, 0.1) is 0 Å². The van der Waals surface area contributed by atoms with Gasteiger partial charge in [-0.05, 0) is 31.4 Å². The predicted octanol–water partition coefficient (Wildman–Crippen LogP) is 3.45. The Morgan fingerprint density at radius 2 is 1.35 bits per heavy atom. The first-order chi connectivity index (χ1) is 9.18. The average molecular weight is 355 g/mol. The van der Waals surface area contributed by atoms with Crippen LogP contribution in [0.3, 0.4) is 0 Å². The van der Waals surface area contributed by atoms with Crippen molar-refractivity contribution < 1.29 is 12.4 Å². The fourth-order valence-electron chi connectivity index (χ4n) is 2.61. The second-order valence-corrected chi connectivity index (χ2v) is 11.6. The van der Waals surface area contributed by atoms with Crippen LogP contribution in [-0.4, -0.2) is 18.5 Å². The molecule has 0 amide bonds. The predicted molar refractivity (Wildman–Crippen MR) is 95.2 cm³/mol. The van der Waals surface area contributed by atoms with Crippen molar-refractivity contribution in [2.75, 3.05) is 18.5 Å². The summed E-state index contributed by atoms with van der Waals surface area (Å²) in [5.74, 6) is 0. The van der Waals surface area contributed by atoms with Gasteiger partial charge in [-0.15, -0.1) is 0 Å². The Balaban J connectivity index is 0.00000361. The molecule has 0 aliphatic heterocycles. The molecular formula is C16H29Cl2PS. The van der Waals surface area contributed by atoms with E-state index >= 15 is 0 Å². The Hall–Kier alpha value is 0.710. The van der Waals surface area contributed by atoms with Crippen LogP contribution in [0.25, 0.3) is 0 Å². The molecule has 0 radical (unpaired) electrons. The summed E-state index contributed by atoms with van der Waals surface area (Å²) < 4.78 is 2.62. The Morgan fingerprint density at radius 3 is 1.65 bits per heavy atom. The van der Waals surface area contributed by atoms with Crippen LogP contribution in [0.4, 0.5) is 0 Å². The Bertz CT molecular complexity index is 330. The maximum atomic E-state index is 6.20. The number of hydrogen-bond acceptors (Lipinski definition) is 1. The van der Waals surface area contributed by atoms with Crippen molar-refractivity contribution in [1.82, 2.24) is 0 Å². The molecule has 0 aliphatic rings. The van der Waals surface area contributed by atoms with Crippen molar-refractivity contribution >= 4 is 34.8 Å². The highest BCUT2D eigenvalue weighted by molar-refractivity contribution is 7.87. The van der Waals surface area contributed by atoms with Gasteiger partial charge in [0, 0.05) is 0 Å². The third kappa shape index (κ3) is 6.22. The van der Waals surface area contributed by atoms with E-state index in [1.54, 1.807) is 4.62 Å². The van der Waals surface area contributed by atoms with Gasteiger partial charge in [0.2, 0.25) is 0 Å². The summed E-state index contributed by atoms with van der Waals surface area (Å²) in [6.45, 7) is 6.95. The molecule has 0 saturated carbocycles. The van der Waals surface area contributed by atoms with Crippen LogP contribution in [0.2, 0.25) is 4.34 Å². The Kier molecular flexibility index (Phi) is 11.7. The van der Waals surface area contributed by atoms with E-state index in [0.29, 0.717) is 0 Å². The molecular weight excluding hydrogens is 326 g/mol. The third-order valence-corrected chi connectivity index (χ3v) is 10.9. The molecule has 0 saturated heterocycles. The molecule has 0 bridgehead atoms. The third-order valence-electron chi connectivity index (χ3n) is 3.85. The van der Waals surface area contributed by atoms with E-state index in [4.69, 9.17) is 11.6 Å².